The van der Waals surface area contributed by atoms with Gasteiger partial charge in [0.05, 0.1) is 12.7 Å². The smallest absolute Gasteiger partial charge is 0.0900 e. The van der Waals surface area contributed by atoms with E-state index in [2.05, 4.69) is 49.9 Å². The van der Waals surface area contributed by atoms with Crippen LogP contribution in [0.3, 0.4) is 0 Å². The number of hydrogen-bond acceptors (Lipinski definition) is 3. The van der Waals surface area contributed by atoms with E-state index in [1.165, 1.54) is 5.56 Å². The Bertz CT molecular complexity index is 340. The van der Waals surface area contributed by atoms with Crippen LogP contribution in [0, 0.1) is 0 Å². The lowest BCUT2D eigenvalue weighted by atomic mass is 10.1. The Morgan fingerprint density at radius 2 is 1.90 bits per heavy atom. The predicted molar refractivity (Wildman–Crippen MR) is 83.7 cm³/mol. The summed E-state index contributed by atoms with van der Waals surface area (Å²) in [6.07, 6.45) is 1.77. The van der Waals surface area contributed by atoms with Crippen LogP contribution in [-0.2, 0) is 11.3 Å². The van der Waals surface area contributed by atoms with E-state index in [0.29, 0.717) is 19.2 Å². The number of aliphatic hydroxyl groups is 1. The quantitative estimate of drug-likeness (QED) is 0.668. The summed E-state index contributed by atoms with van der Waals surface area (Å²) >= 11 is 0. The van der Waals surface area contributed by atoms with Crippen molar-refractivity contribution in [2.75, 3.05) is 19.8 Å². The number of aliphatic hydroxyl groups excluding tert-OH is 1. The standard InChI is InChI=1S/C17H29NO2/c1-4-5-11-20-14-17(19)13-18(15(2)3)12-16-9-7-6-8-10-16/h6-10,15,17,19H,4-5,11-14H2,1-3H3. The molecule has 1 atom stereocenters. The van der Waals surface area contributed by atoms with Gasteiger partial charge in [-0.05, 0) is 25.8 Å². The van der Waals surface area contributed by atoms with E-state index in [1.54, 1.807) is 0 Å². The molecule has 0 aromatic heterocycles. The molecular formula is C17H29NO2. The van der Waals surface area contributed by atoms with Gasteiger partial charge in [-0.15, -0.1) is 0 Å². The summed E-state index contributed by atoms with van der Waals surface area (Å²) < 4.78 is 5.49. The molecule has 20 heavy (non-hydrogen) atoms. The Labute approximate surface area is 123 Å². The summed E-state index contributed by atoms with van der Waals surface area (Å²) in [6, 6.07) is 10.8. The fourth-order valence-corrected chi connectivity index (χ4v) is 2.07. The first-order chi connectivity index (χ1) is 9.63. The van der Waals surface area contributed by atoms with Crippen LogP contribution in [0.2, 0.25) is 0 Å². The number of rotatable bonds is 10. The molecule has 0 amide bonds. The maximum atomic E-state index is 10.1. The average Bonchev–Trinajstić information content (AvgIpc) is 2.44. The first-order valence-corrected chi connectivity index (χ1v) is 7.67. The maximum absolute atomic E-state index is 10.1. The fourth-order valence-electron chi connectivity index (χ4n) is 2.07. The molecule has 0 bridgehead atoms. The Balaban J connectivity index is 2.38. The SMILES string of the molecule is CCCCOCC(O)CN(Cc1ccccc1)C(C)C. The van der Waals surface area contributed by atoms with E-state index in [9.17, 15) is 5.11 Å². The molecule has 114 valence electrons. The van der Waals surface area contributed by atoms with Crippen LogP contribution >= 0.6 is 0 Å². The number of unbranched alkanes of at least 4 members (excludes halogenated alkanes) is 1. The highest BCUT2D eigenvalue weighted by Crippen LogP contribution is 2.09. The molecule has 1 rings (SSSR count). The predicted octanol–water partition coefficient (Wildman–Crippen LogP) is 3.07. The number of benzene rings is 1. The minimum atomic E-state index is -0.419. The monoisotopic (exact) mass is 279 g/mol. The third-order valence-electron chi connectivity index (χ3n) is 3.36. The zero-order valence-electron chi connectivity index (χ0n) is 13.1. The van der Waals surface area contributed by atoms with Crippen LogP contribution in [-0.4, -0.2) is 41.9 Å². The molecule has 1 aromatic carbocycles. The Kier molecular flexibility index (Phi) is 8.51. The third-order valence-corrected chi connectivity index (χ3v) is 3.36. The van der Waals surface area contributed by atoms with Crippen molar-refractivity contribution in [3.63, 3.8) is 0 Å². The second-order valence-electron chi connectivity index (χ2n) is 5.59. The Morgan fingerprint density at radius 1 is 1.20 bits per heavy atom. The molecule has 0 aliphatic rings. The van der Waals surface area contributed by atoms with Crippen molar-refractivity contribution in [1.29, 1.82) is 0 Å². The minimum absolute atomic E-state index is 0.403. The molecule has 0 saturated heterocycles. The van der Waals surface area contributed by atoms with Gasteiger partial charge in [0.15, 0.2) is 0 Å². The molecule has 1 aromatic rings. The van der Waals surface area contributed by atoms with Crippen molar-refractivity contribution in [2.45, 2.75) is 52.3 Å². The van der Waals surface area contributed by atoms with Gasteiger partial charge in [0, 0.05) is 25.7 Å². The molecule has 0 aliphatic heterocycles. The van der Waals surface area contributed by atoms with Crippen molar-refractivity contribution in [1.82, 2.24) is 4.90 Å². The van der Waals surface area contributed by atoms with E-state index >= 15 is 0 Å². The summed E-state index contributed by atoms with van der Waals surface area (Å²) in [6.45, 7) is 9.15. The highest BCUT2D eigenvalue weighted by atomic mass is 16.5. The topological polar surface area (TPSA) is 32.7 Å². The highest BCUT2D eigenvalue weighted by molar-refractivity contribution is 5.14. The van der Waals surface area contributed by atoms with Crippen molar-refractivity contribution >= 4 is 0 Å². The van der Waals surface area contributed by atoms with E-state index in [1.807, 2.05) is 6.07 Å². The molecule has 0 radical (unpaired) electrons. The zero-order valence-corrected chi connectivity index (χ0v) is 13.1. The van der Waals surface area contributed by atoms with Gasteiger partial charge in [0.1, 0.15) is 0 Å². The lowest BCUT2D eigenvalue weighted by Crippen LogP contribution is -2.38. The number of nitrogens with zero attached hydrogens (tertiary/aromatic N) is 1. The van der Waals surface area contributed by atoms with Gasteiger partial charge in [-0.2, -0.15) is 0 Å². The van der Waals surface area contributed by atoms with Crippen LogP contribution < -0.4 is 0 Å². The molecule has 3 heteroatoms. The molecule has 0 heterocycles. The van der Waals surface area contributed by atoms with Gasteiger partial charge >= 0.3 is 0 Å². The summed E-state index contributed by atoms with van der Waals surface area (Å²) in [4.78, 5) is 2.28. The summed E-state index contributed by atoms with van der Waals surface area (Å²) in [7, 11) is 0. The van der Waals surface area contributed by atoms with Gasteiger partial charge < -0.3 is 9.84 Å². The highest BCUT2D eigenvalue weighted by Gasteiger charge is 2.15. The van der Waals surface area contributed by atoms with Crippen molar-refractivity contribution in [3.8, 4) is 0 Å². The first-order valence-electron chi connectivity index (χ1n) is 7.67. The van der Waals surface area contributed by atoms with E-state index in [0.717, 1.165) is 26.0 Å². The van der Waals surface area contributed by atoms with Crippen LogP contribution in [0.1, 0.15) is 39.2 Å². The minimum Gasteiger partial charge on any atom is -0.389 e. The second-order valence-corrected chi connectivity index (χ2v) is 5.59. The molecule has 1 unspecified atom stereocenters. The molecule has 1 N–H and O–H groups in total. The van der Waals surface area contributed by atoms with Crippen molar-refractivity contribution in [3.05, 3.63) is 35.9 Å². The third kappa shape index (κ3) is 7.04. The first kappa shape index (κ1) is 17.2. The maximum Gasteiger partial charge on any atom is 0.0900 e. The molecule has 0 spiro atoms. The largest absolute Gasteiger partial charge is 0.389 e. The van der Waals surface area contributed by atoms with E-state index < -0.39 is 6.10 Å². The van der Waals surface area contributed by atoms with Gasteiger partial charge in [-0.1, -0.05) is 43.7 Å². The van der Waals surface area contributed by atoms with Gasteiger partial charge in [0.2, 0.25) is 0 Å². The lowest BCUT2D eigenvalue weighted by molar-refractivity contribution is 0.00857. The number of ether oxygens (including phenoxy) is 1. The number of hydrogen-bond donors (Lipinski definition) is 1. The van der Waals surface area contributed by atoms with Gasteiger partial charge in [-0.3, -0.25) is 4.90 Å². The summed E-state index contributed by atoms with van der Waals surface area (Å²) in [5, 5.41) is 10.1. The molecule has 0 fully saturated rings. The zero-order chi connectivity index (χ0) is 14.8. The van der Waals surface area contributed by atoms with Gasteiger partial charge in [-0.25, -0.2) is 0 Å². The van der Waals surface area contributed by atoms with Crippen LogP contribution in [0.15, 0.2) is 30.3 Å². The van der Waals surface area contributed by atoms with Crippen LogP contribution in [0.4, 0.5) is 0 Å². The second kappa shape index (κ2) is 9.92. The van der Waals surface area contributed by atoms with E-state index in [4.69, 9.17) is 4.74 Å². The van der Waals surface area contributed by atoms with E-state index in [-0.39, 0.29) is 0 Å². The summed E-state index contributed by atoms with van der Waals surface area (Å²) in [5.41, 5.74) is 1.28. The molecule has 0 aliphatic carbocycles. The fraction of sp³-hybridized carbons (Fsp3) is 0.647. The average molecular weight is 279 g/mol. The molecular weight excluding hydrogens is 250 g/mol. The van der Waals surface area contributed by atoms with Crippen molar-refractivity contribution in [2.24, 2.45) is 0 Å². The van der Waals surface area contributed by atoms with Crippen molar-refractivity contribution < 1.29 is 9.84 Å². The normalized spacial score (nSPS) is 13.1. The van der Waals surface area contributed by atoms with Crippen LogP contribution in [0.5, 0.6) is 0 Å². The molecule has 3 nitrogen and oxygen atoms in total. The van der Waals surface area contributed by atoms with Crippen LogP contribution in [0.25, 0.3) is 0 Å². The van der Waals surface area contributed by atoms with Gasteiger partial charge in [0.25, 0.3) is 0 Å². The Hall–Kier alpha value is -0.900. The summed E-state index contributed by atoms with van der Waals surface area (Å²) in [5.74, 6) is 0. The molecule has 0 saturated carbocycles. The lowest BCUT2D eigenvalue weighted by Gasteiger charge is -2.28. The Morgan fingerprint density at radius 3 is 2.50 bits per heavy atom.